The minimum atomic E-state index is -0.586. The first-order chi connectivity index (χ1) is 8.27. The summed E-state index contributed by atoms with van der Waals surface area (Å²) in [4.78, 5) is 10.5. The molecule has 1 N–H and O–H groups in total. The van der Waals surface area contributed by atoms with Crippen LogP contribution in [0.1, 0.15) is 0 Å². The summed E-state index contributed by atoms with van der Waals surface area (Å²) in [6, 6.07) is 3.16. The number of nitrogens with one attached hydrogen (secondary N) is 1. The van der Waals surface area contributed by atoms with Gasteiger partial charge in [0.2, 0.25) is 16.9 Å². The number of aromatic nitrogens is 5. The molecule has 0 radical (unpaired) electrons. The molecule has 3 aromatic heterocycles. The topological polar surface area (TPSA) is 124 Å². The fourth-order valence-electron chi connectivity index (χ4n) is 1.46. The molecule has 0 fully saturated rings. The van der Waals surface area contributed by atoms with Crippen LogP contribution in [0.25, 0.3) is 22.6 Å². The molecule has 0 aliphatic carbocycles. The first-order valence-electron chi connectivity index (χ1n) is 4.53. The minimum absolute atomic E-state index is 0.0291. The second-order valence-electron chi connectivity index (χ2n) is 3.13. The average molecular weight is 232 g/mol. The number of furan rings is 1. The summed E-state index contributed by atoms with van der Waals surface area (Å²) in [5, 5.41) is 28.1. The molecule has 9 nitrogen and oxygen atoms in total. The van der Waals surface area contributed by atoms with Gasteiger partial charge >= 0.3 is 5.69 Å². The van der Waals surface area contributed by atoms with E-state index in [2.05, 4.69) is 25.6 Å². The number of H-pyrrole nitrogens is 1. The van der Waals surface area contributed by atoms with Crippen molar-refractivity contribution in [2.45, 2.75) is 0 Å². The standard InChI is InChI=1S/C8H4N6O3/c15-14(16)7-5(4-2-1-3-17-4)9-11-8-6(7)10-13-12-8/h1-3H,(H,10,11,12,13). The lowest BCUT2D eigenvalue weighted by molar-refractivity contribution is -0.382. The van der Waals surface area contributed by atoms with Gasteiger partial charge in [-0.2, -0.15) is 5.21 Å². The van der Waals surface area contributed by atoms with Gasteiger partial charge in [0.15, 0.2) is 5.76 Å². The zero-order valence-electron chi connectivity index (χ0n) is 8.19. The zero-order chi connectivity index (χ0) is 11.8. The van der Waals surface area contributed by atoms with Crippen LogP contribution in [0, 0.1) is 10.1 Å². The lowest BCUT2D eigenvalue weighted by Crippen LogP contribution is -1.98. The van der Waals surface area contributed by atoms with Crippen LogP contribution < -0.4 is 0 Å². The zero-order valence-corrected chi connectivity index (χ0v) is 8.19. The molecule has 3 aromatic rings. The summed E-state index contributed by atoms with van der Waals surface area (Å²) in [5.41, 5.74) is -0.108. The van der Waals surface area contributed by atoms with Crippen molar-refractivity contribution in [1.82, 2.24) is 25.6 Å². The predicted octanol–water partition coefficient (Wildman–Crippen LogP) is 0.916. The summed E-state index contributed by atoms with van der Waals surface area (Å²) in [6.45, 7) is 0. The molecule has 3 rings (SSSR count). The lowest BCUT2D eigenvalue weighted by atomic mass is 10.2. The highest BCUT2D eigenvalue weighted by Crippen LogP contribution is 2.31. The number of aromatic amines is 1. The molecule has 0 saturated heterocycles. The van der Waals surface area contributed by atoms with Crippen LogP contribution in [0.15, 0.2) is 22.8 Å². The maximum absolute atomic E-state index is 11.0. The number of fused-ring (bicyclic) bond motifs is 1. The Balaban J connectivity index is 2.38. The van der Waals surface area contributed by atoms with Gasteiger partial charge in [0.05, 0.1) is 11.2 Å². The van der Waals surface area contributed by atoms with E-state index in [1.807, 2.05) is 0 Å². The average Bonchev–Trinajstić information content (AvgIpc) is 2.98. The highest BCUT2D eigenvalue weighted by atomic mass is 16.6. The van der Waals surface area contributed by atoms with Gasteiger partial charge in [-0.3, -0.25) is 10.1 Å². The Kier molecular flexibility index (Phi) is 1.84. The Bertz CT molecular complexity index is 688. The highest BCUT2D eigenvalue weighted by molar-refractivity contribution is 5.87. The van der Waals surface area contributed by atoms with Crippen LogP contribution in [0.4, 0.5) is 5.69 Å². The number of rotatable bonds is 2. The third-order valence-electron chi connectivity index (χ3n) is 2.16. The lowest BCUT2D eigenvalue weighted by Gasteiger charge is -1.96. The summed E-state index contributed by atoms with van der Waals surface area (Å²) >= 11 is 0. The molecule has 9 heteroatoms. The van der Waals surface area contributed by atoms with Crippen molar-refractivity contribution in [3.63, 3.8) is 0 Å². The molecule has 0 aromatic carbocycles. The monoisotopic (exact) mass is 232 g/mol. The van der Waals surface area contributed by atoms with Crippen molar-refractivity contribution in [3.05, 3.63) is 28.5 Å². The van der Waals surface area contributed by atoms with Gasteiger partial charge in [-0.1, -0.05) is 0 Å². The summed E-state index contributed by atoms with van der Waals surface area (Å²) in [7, 11) is 0. The smallest absolute Gasteiger partial charge is 0.331 e. The van der Waals surface area contributed by atoms with Crippen molar-refractivity contribution in [1.29, 1.82) is 0 Å². The summed E-state index contributed by atoms with van der Waals surface area (Å²) in [6.07, 6.45) is 1.40. The quantitative estimate of drug-likeness (QED) is 0.514. The van der Waals surface area contributed by atoms with Gasteiger partial charge in [0, 0.05) is 0 Å². The van der Waals surface area contributed by atoms with E-state index in [0.29, 0.717) is 0 Å². The van der Waals surface area contributed by atoms with E-state index >= 15 is 0 Å². The van der Waals surface area contributed by atoms with Crippen LogP contribution in [0.3, 0.4) is 0 Å². The molecular formula is C8H4N6O3. The Hall–Kier alpha value is -2.84. The Morgan fingerprint density at radius 2 is 2.24 bits per heavy atom. The van der Waals surface area contributed by atoms with E-state index < -0.39 is 4.92 Å². The Morgan fingerprint density at radius 1 is 1.35 bits per heavy atom. The van der Waals surface area contributed by atoms with E-state index in [4.69, 9.17) is 4.42 Å². The van der Waals surface area contributed by atoms with Crippen LogP contribution >= 0.6 is 0 Å². The SMILES string of the molecule is O=[N+]([O-])c1c(-c2ccco2)nnc2n[nH]nc12. The van der Waals surface area contributed by atoms with Crippen molar-refractivity contribution in [2.24, 2.45) is 0 Å². The van der Waals surface area contributed by atoms with Gasteiger partial charge in [-0.05, 0) is 12.1 Å². The first-order valence-corrected chi connectivity index (χ1v) is 4.53. The van der Waals surface area contributed by atoms with Crippen molar-refractivity contribution >= 4 is 16.9 Å². The van der Waals surface area contributed by atoms with Gasteiger partial charge in [0.25, 0.3) is 0 Å². The highest BCUT2D eigenvalue weighted by Gasteiger charge is 2.26. The molecule has 3 heterocycles. The van der Waals surface area contributed by atoms with Crippen LogP contribution in [0.5, 0.6) is 0 Å². The fraction of sp³-hybridized carbons (Fsp3) is 0. The number of nitro groups is 1. The molecule has 0 spiro atoms. The molecule has 0 amide bonds. The van der Waals surface area contributed by atoms with Gasteiger partial charge in [0.1, 0.15) is 0 Å². The fourth-order valence-corrected chi connectivity index (χ4v) is 1.46. The largest absolute Gasteiger partial charge is 0.462 e. The summed E-state index contributed by atoms with van der Waals surface area (Å²) < 4.78 is 5.07. The second-order valence-corrected chi connectivity index (χ2v) is 3.13. The predicted molar refractivity (Wildman–Crippen MR) is 53.8 cm³/mol. The Labute approximate surface area is 92.6 Å². The third kappa shape index (κ3) is 1.33. The van der Waals surface area contributed by atoms with Crippen LogP contribution in [-0.4, -0.2) is 30.5 Å². The van der Waals surface area contributed by atoms with E-state index in [1.165, 1.54) is 6.26 Å². The van der Waals surface area contributed by atoms with Crippen molar-refractivity contribution < 1.29 is 9.34 Å². The molecular weight excluding hydrogens is 228 g/mol. The third-order valence-corrected chi connectivity index (χ3v) is 2.16. The second kappa shape index (κ2) is 3.33. The molecule has 0 unspecified atom stereocenters. The number of hydrogen-bond donors (Lipinski definition) is 1. The molecule has 0 aliphatic heterocycles. The first kappa shape index (κ1) is 9.39. The van der Waals surface area contributed by atoms with E-state index in [0.717, 1.165) is 0 Å². The van der Waals surface area contributed by atoms with Crippen LogP contribution in [-0.2, 0) is 0 Å². The number of nitrogens with zero attached hydrogens (tertiary/aromatic N) is 5. The molecule has 0 saturated carbocycles. The number of hydrogen-bond acceptors (Lipinski definition) is 7. The maximum Gasteiger partial charge on any atom is 0.331 e. The molecule has 0 bridgehead atoms. The van der Waals surface area contributed by atoms with Crippen molar-refractivity contribution in [3.8, 4) is 11.5 Å². The van der Waals surface area contributed by atoms with Crippen molar-refractivity contribution in [2.75, 3.05) is 0 Å². The van der Waals surface area contributed by atoms with E-state index in [1.54, 1.807) is 12.1 Å². The van der Waals surface area contributed by atoms with E-state index in [9.17, 15) is 10.1 Å². The van der Waals surface area contributed by atoms with Gasteiger partial charge < -0.3 is 4.42 Å². The molecule has 84 valence electrons. The van der Waals surface area contributed by atoms with Crippen LogP contribution in [0.2, 0.25) is 0 Å². The molecule has 0 atom stereocenters. The Morgan fingerprint density at radius 3 is 2.94 bits per heavy atom. The van der Waals surface area contributed by atoms with Gasteiger partial charge in [-0.15, -0.1) is 20.4 Å². The molecule has 17 heavy (non-hydrogen) atoms. The van der Waals surface area contributed by atoms with E-state index in [-0.39, 0.29) is 28.3 Å². The maximum atomic E-state index is 11.0. The summed E-state index contributed by atoms with van der Waals surface area (Å²) in [5.74, 6) is 0.258. The normalized spacial score (nSPS) is 10.8. The van der Waals surface area contributed by atoms with Gasteiger partial charge in [-0.25, -0.2) is 0 Å². The molecule has 0 aliphatic rings. The minimum Gasteiger partial charge on any atom is -0.462 e.